The van der Waals surface area contributed by atoms with Gasteiger partial charge in [0, 0.05) is 18.7 Å². The zero-order chi connectivity index (χ0) is 15.6. The van der Waals surface area contributed by atoms with Crippen LogP contribution in [0.4, 0.5) is 5.69 Å². The number of carbonyl (C=O) groups excluding carboxylic acids is 1. The van der Waals surface area contributed by atoms with E-state index in [1.165, 1.54) is 0 Å². The highest BCUT2D eigenvalue weighted by atomic mass is 35.5. The molecule has 0 aromatic heterocycles. The van der Waals surface area contributed by atoms with Crippen molar-refractivity contribution < 1.29 is 14.7 Å². The van der Waals surface area contributed by atoms with E-state index in [0.29, 0.717) is 42.9 Å². The number of nitrogens with zero attached hydrogens (tertiary/aromatic N) is 1. The zero-order valence-corrected chi connectivity index (χ0v) is 12.7. The van der Waals surface area contributed by atoms with Gasteiger partial charge in [-0.15, -0.1) is 0 Å². The normalized spacial score (nSPS) is 17.5. The van der Waals surface area contributed by atoms with Gasteiger partial charge in [-0.2, -0.15) is 0 Å². The van der Waals surface area contributed by atoms with Crippen LogP contribution in [0.1, 0.15) is 36.5 Å². The van der Waals surface area contributed by atoms with Crippen LogP contribution < -0.4 is 10.6 Å². The van der Waals surface area contributed by atoms with E-state index in [-0.39, 0.29) is 0 Å². The van der Waals surface area contributed by atoms with E-state index in [2.05, 4.69) is 4.90 Å². The van der Waals surface area contributed by atoms with Gasteiger partial charge in [0.1, 0.15) is 0 Å². The molecule has 2 rings (SSSR count). The van der Waals surface area contributed by atoms with E-state index >= 15 is 0 Å². The van der Waals surface area contributed by atoms with Crippen molar-refractivity contribution in [3.8, 4) is 0 Å². The van der Waals surface area contributed by atoms with Crippen molar-refractivity contribution in [3.05, 3.63) is 28.8 Å². The molecule has 1 amide bonds. The number of anilines is 1. The number of hydrogen-bond acceptors (Lipinski definition) is 3. The van der Waals surface area contributed by atoms with Gasteiger partial charge >= 0.3 is 5.97 Å². The average Bonchev–Trinajstić information content (AvgIpc) is 2.47. The predicted octanol–water partition coefficient (Wildman–Crippen LogP) is 2.52. The summed E-state index contributed by atoms with van der Waals surface area (Å²) in [4.78, 5) is 24.6. The Morgan fingerprint density at radius 3 is 2.43 bits per heavy atom. The number of rotatable bonds is 4. The molecule has 1 aliphatic rings. The molecule has 0 spiro atoms. The maximum absolute atomic E-state index is 11.4. The van der Waals surface area contributed by atoms with Crippen LogP contribution in [0.25, 0.3) is 0 Å². The first-order chi connectivity index (χ1) is 9.89. The molecule has 1 heterocycles. The third-order valence-corrected chi connectivity index (χ3v) is 4.73. The van der Waals surface area contributed by atoms with Crippen molar-refractivity contribution in [1.82, 2.24) is 0 Å². The summed E-state index contributed by atoms with van der Waals surface area (Å²) in [6.07, 6.45) is 1.81. The first kappa shape index (κ1) is 15.6. The highest BCUT2D eigenvalue weighted by Crippen LogP contribution is 2.38. The summed E-state index contributed by atoms with van der Waals surface area (Å²) in [6, 6.07) is 4.96. The number of carbonyl (C=O) groups is 2. The maximum Gasteiger partial charge on any atom is 0.309 e. The molecule has 0 bridgehead atoms. The van der Waals surface area contributed by atoms with E-state index in [1.54, 1.807) is 18.2 Å². The fraction of sp³-hybridized carbons (Fsp3) is 0.467. The van der Waals surface area contributed by atoms with Gasteiger partial charge in [0.15, 0.2) is 0 Å². The third-order valence-electron chi connectivity index (χ3n) is 4.42. The number of aliphatic carboxylic acids is 1. The number of nitrogens with two attached hydrogens (primary N) is 1. The van der Waals surface area contributed by atoms with Crippen molar-refractivity contribution in [2.75, 3.05) is 18.0 Å². The van der Waals surface area contributed by atoms with Crippen LogP contribution in [0.15, 0.2) is 18.2 Å². The number of piperidine rings is 1. The molecule has 1 saturated heterocycles. The third kappa shape index (κ3) is 2.97. The van der Waals surface area contributed by atoms with Crippen molar-refractivity contribution in [2.24, 2.45) is 11.1 Å². The van der Waals surface area contributed by atoms with Gasteiger partial charge in [-0.05, 0) is 37.5 Å². The Kier molecular flexibility index (Phi) is 4.42. The fourth-order valence-corrected chi connectivity index (χ4v) is 3.11. The van der Waals surface area contributed by atoms with E-state index in [0.717, 1.165) is 5.69 Å². The summed E-state index contributed by atoms with van der Waals surface area (Å²) < 4.78 is 0. The molecule has 5 nitrogen and oxygen atoms in total. The lowest BCUT2D eigenvalue weighted by molar-refractivity contribution is -0.150. The van der Waals surface area contributed by atoms with Crippen LogP contribution in [0.5, 0.6) is 0 Å². The van der Waals surface area contributed by atoms with Crippen LogP contribution >= 0.6 is 11.6 Å². The fourth-order valence-electron chi connectivity index (χ4n) is 2.81. The van der Waals surface area contributed by atoms with Crippen LogP contribution in [-0.4, -0.2) is 30.1 Å². The number of benzene rings is 1. The molecule has 21 heavy (non-hydrogen) atoms. The lowest BCUT2D eigenvalue weighted by atomic mass is 9.76. The summed E-state index contributed by atoms with van der Waals surface area (Å²) in [7, 11) is 0. The molecule has 0 aliphatic carbocycles. The second-order valence-corrected chi connectivity index (χ2v) is 5.86. The van der Waals surface area contributed by atoms with Gasteiger partial charge < -0.3 is 15.7 Å². The van der Waals surface area contributed by atoms with Gasteiger partial charge in [0.05, 0.1) is 16.1 Å². The van der Waals surface area contributed by atoms with E-state index in [1.807, 2.05) is 6.92 Å². The molecular formula is C15H19ClN2O3. The molecule has 3 N–H and O–H groups in total. The Morgan fingerprint density at radius 1 is 1.38 bits per heavy atom. The molecular weight excluding hydrogens is 292 g/mol. The number of hydrogen-bond donors (Lipinski definition) is 2. The minimum atomic E-state index is -0.722. The molecule has 1 aromatic rings. The highest BCUT2D eigenvalue weighted by Gasteiger charge is 2.40. The molecule has 6 heteroatoms. The topological polar surface area (TPSA) is 83.6 Å². The monoisotopic (exact) mass is 310 g/mol. The summed E-state index contributed by atoms with van der Waals surface area (Å²) in [5.41, 5.74) is 5.78. The van der Waals surface area contributed by atoms with E-state index in [4.69, 9.17) is 17.3 Å². The van der Waals surface area contributed by atoms with Gasteiger partial charge in [-0.25, -0.2) is 0 Å². The smallest absolute Gasteiger partial charge is 0.309 e. The van der Waals surface area contributed by atoms with E-state index in [9.17, 15) is 14.7 Å². The molecule has 1 aromatic carbocycles. The minimum Gasteiger partial charge on any atom is -0.481 e. The average molecular weight is 311 g/mol. The summed E-state index contributed by atoms with van der Waals surface area (Å²) >= 11 is 6.21. The lowest BCUT2D eigenvalue weighted by Gasteiger charge is -2.39. The molecule has 0 saturated carbocycles. The lowest BCUT2D eigenvalue weighted by Crippen LogP contribution is -2.44. The number of carboxylic acid groups (broad SMARTS) is 1. The molecule has 114 valence electrons. The number of primary amides is 1. The van der Waals surface area contributed by atoms with Crippen LogP contribution in [0.3, 0.4) is 0 Å². The van der Waals surface area contributed by atoms with Crippen LogP contribution in [0, 0.1) is 5.41 Å². The van der Waals surface area contributed by atoms with Gasteiger partial charge in [-0.1, -0.05) is 18.5 Å². The Bertz CT molecular complexity index is 566. The van der Waals surface area contributed by atoms with Crippen molar-refractivity contribution >= 4 is 29.2 Å². The Morgan fingerprint density at radius 2 is 2.00 bits per heavy atom. The van der Waals surface area contributed by atoms with Gasteiger partial charge in [0.2, 0.25) is 5.91 Å². The second kappa shape index (κ2) is 5.93. The molecule has 1 aliphatic heterocycles. The SMILES string of the molecule is CCC1(C(=O)O)CCN(c2ccc(C(N)=O)cc2Cl)CC1. The van der Waals surface area contributed by atoms with Crippen LogP contribution in [-0.2, 0) is 4.79 Å². The Hall–Kier alpha value is -1.75. The number of halogens is 1. The Labute approximate surface area is 128 Å². The van der Waals surface area contributed by atoms with Gasteiger partial charge in [0.25, 0.3) is 0 Å². The van der Waals surface area contributed by atoms with Gasteiger partial charge in [-0.3, -0.25) is 9.59 Å². The maximum atomic E-state index is 11.4. The summed E-state index contributed by atoms with van der Waals surface area (Å²) in [5, 5.41) is 9.87. The van der Waals surface area contributed by atoms with Crippen molar-refractivity contribution in [3.63, 3.8) is 0 Å². The Balaban J connectivity index is 2.16. The molecule has 0 atom stereocenters. The number of carboxylic acids is 1. The standard InChI is InChI=1S/C15H19ClN2O3/c1-2-15(14(20)21)5-7-18(8-6-15)12-4-3-10(13(17)19)9-11(12)16/h3-4,9H,2,5-8H2,1H3,(H2,17,19)(H,20,21). The molecule has 0 unspecified atom stereocenters. The highest BCUT2D eigenvalue weighted by molar-refractivity contribution is 6.33. The quantitative estimate of drug-likeness (QED) is 0.895. The first-order valence-electron chi connectivity index (χ1n) is 6.97. The minimum absolute atomic E-state index is 0.370. The first-order valence-corrected chi connectivity index (χ1v) is 7.35. The van der Waals surface area contributed by atoms with Crippen molar-refractivity contribution in [2.45, 2.75) is 26.2 Å². The molecule has 0 radical (unpaired) electrons. The number of amides is 1. The van der Waals surface area contributed by atoms with Crippen LogP contribution in [0.2, 0.25) is 5.02 Å². The molecule has 1 fully saturated rings. The summed E-state index contributed by atoms with van der Waals surface area (Å²) in [6.45, 7) is 3.18. The largest absolute Gasteiger partial charge is 0.481 e. The predicted molar refractivity (Wildman–Crippen MR) is 81.8 cm³/mol. The summed E-state index contributed by atoms with van der Waals surface area (Å²) in [5.74, 6) is -1.24. The van der Waals surface area contributed by atoms with Crippen molar-refractivity contribution in [1.29, 1.82) is 0 Å². The van der Waals surface area contributed by atoms with E-state index < -0.39 is 17.3 Å². The second-order valence-electron chi connectivity index (χ2n) is 5.46. The zero-order valence-electron chi connectivity index (χ0n) is 11.9.